The van der Waals surface area contributed by atoms with E-state index in [2.05, 4.69) is 37.4 Å². The number of benzene rings is 1. The quantitative estimate of drug-likeness (QED) is 0.848. The van der Waals surface area contributed by atoms with Gasteiger partial charge in [-0.2, -0.15) is 0 Å². The van der Waals surface area contributed by atoms with Crippen LogP contribution < -0.4 is 5.32 Å². The number of hydrogen-bond acceptors (Lipinski definition) is 2. The van der Waals surface area contributed by atoms with Crippen LogP contribution in [-0.4, -0.2) is 12.6 Å². The third-order valence-electron chi connectivity index (χ3n) is 3.89. The van der Waals surface area contributed by atoms with Crippen LogP contribution in [0, 0.1) is 13.8 Å². The number of hydrogen-bond donors (Lipinski definition) is 1. The van der Waals surface area contributed by atoms with Gasteiger partial charge in [0.2, 0.25) is 0 Å². The summed E-state index contributed by atoms with van der Waals surface area (Å²) in [5.74, 6) is 0. The van der Waals surface area contributed by atoms with Crippen LogP contribution in [0.15, 0.2) is 18.2 Å². The fourth-order valence-corrected chi connectivity index (χ4v) is 3.87. The standard InChI is InChI=1S/C15H19NS/c1-10-11(2)17-15-9-12(5-6-14(10)15)8-13-4-3-7-16-13/h5-6,9,13,16H,3-4,7-8H2,1-2H3. The van der Waals surface area contributed by atoms with Gasteiger partial charge in [0, 0.05) is 15.6 Å². The van der Waals surface area contributed by atoms with E-state index in [0.717, 1.165) is 0 Å². The molecule has 1 fully saturated rings. The van der Waals surface area contributed by atoms with E-state index in [0.29, 0.717) is 6.04 Å². The van der Waals surface area contributed by atoms with E-state index < -0.39 is 0 Å². The highest BCUT2D eigenvalue weighted by Gasteiger charge is 2.15. The Kier molecular flexibility index (Phi) is 2.93. The average Bonchev–Trinajstić information content (AvgIpc) is 2.89. The Bertz CT molecular complexity index is 535. The lowest BCUT2D eigenvalue weighted by Crippen LogP contribution is -2.23. The van der Waals surface area contributed by atoms with Gasteiger partial charge in [-0.25, -0.2) is 0 Å². The summed E-state index contributed by atoms with van der Waals surface area (Å²) in [5, 5.41) is 5.01. The molecule has 1 aliphatic heterocycles. The zero-order valence-corrected chi connectivity index (χ0v) is 11.4. The van der Waals surface area contributed by atoms with Crippen molar-refractivity contribution >= 4 is 21.4 Å². The molecule has 1 atom stereocenters. The van der Waals surface area contributed by atoms with Crippen molar-refractivity contribution in [2.45, 2.75) is 39.2 Å². The van der Waals surface area contributed by atoms with Crippen molar-refractivity contribution in [3.8, 4) is 0 Å². The summed E-state index contributed by atoms with van der Waals surface area (Å²) >= 11 is 1.93. The predicted molar refractivity (Wildman–Crippen MR) is 76.0 cm³/mol. The Morgan fingerprint density at radius 3 is 3.00 bits per heavy atom. The van der Waals surface area contributed by atoms with Crippen LogP contribution in [0.2, 0.25) is 0 Å². The SMILES string of the molecule is Cc1sc2cc(CC3CCCN3)ccc2c1C. The highest BCUT2D eigenvalue weighted by molar-refractivity contribution is 7.19. The Labute approximate surface area is 107 Å². The Morgan fingerprint density at radius 2 is 2.24 bits per heavy atom. The van der Waals surface area contributed by atoms with E-state index in [1.165, 1.54) is 51.9 Å². The maximum absolute atomic E-state index is 3.57. The van der Waals surface area contributed by atoms with Crippen LogP contribution in [-0.2, 0) is 6.42 Å². The highest BCUT2D eigenvalue weighted by Crippen LogP contribution is 2.31. The van der Waals surface area contributed by atoms with E-state index in [9.17, 15) is 0 Å². The van der Waals surface area contributed by atoms with Crippen molar-refractivity contribution < 1.29 is 0 Å². The smallest absolute Gasteiger partial charge is 0.0351 e. The van der Waals surface area contributed by atoms with E-state index >= 15 is 0 Å². The van der Waals surface area contributed by atoms with Crippen molar-refractivity contribution in [2.24, 2.45) is 0 Å². The summed E-state index contributed by atoms with van der Waals surface area (Å²) in [6.45, 7) is 5.65. The maximum atomic E-state index is 3.57. The first-order chi connectivity index (χ1) is 8.24. The van der Waals surface area contributed by atoms with Gasteiger partial charge < -0.3 is 5.32 Å². The molecule has 3 rings (SSSR count). The molecule has 0 aliphatic carbocycles. The van der Waals surface area contributed by atoms with Crippen LogP contribution in [0.1, 0.15) is 28.8 Å². The summed E-state index contributed by atoms with van der Waals surface area (Å²) in [6.07, 6.45) is 3.86. The third-order valence-corrected chi connectivity index (χ3v) is 5.06. The topological polar surface area (TPSA) is 12.0 Å². The van der Waals surface area contributed by atoms with Crippen LogP contribution in [0.25, 0.3) is 10.1 Å². The molecule has 0 radical (unpaired) electrons. The van der Waals surface area contributed by atoms with E-state index in [4.69, 9.17) is 0 Å². The molecule has 0 saturated carbocycles. The van der Waals surface area contributed by atoms with Crippen LogP contribution in [0.4, 0.5) is 0 Å². The van der Waals surface area contributed by atoms with E-state index in [-0.39, 0.29) is 0 Å². The Balaban J connectivity index is 1.90. The molecule has 1 aromatic carbocycles. The molecular formula is C15H19NS. The molecule has 2 heteroatoms. The van der Waals surface area contributed by atoms with Gasteiger partial charge in [-0.15, -0.1) is 11.3 Å². The van der Waals surface area contributed by atoms with Gasteiger partial charge >= 0.3 is 0 Å². The first-order valence-corrected chi connectivity index (χ1v) is 7.28. The van der Waals surface area contributed by atoms with Crippen molar-refractivity contribution in [1.29, 1.82) is 0 Å². The first-order valence-electron chi connectivity index (χ1n) is 6.46. The lowest BCUT2D eigenvalue weighted by Gasteiger charge is -2.09. The first kappa shape index (κ1) is 11.2. The van der Waals surface area contributed by atoms with Gasteiger partial charge in [0.25, 0.3) is 0 Å². The predicted octanol–water partition coefficient (Wildman–Crippen LogP) is 3.81. The van der Waals surface area contributed by atoms with Gasteiger partial charge in [-0.05, 0) is 62.2 Å². The summed E-state index contributed by atoms with van der Waals surface area (Å²) in [6, 6.07) is 7.70. The third kappa shape index (κ3) is 2.12. The second-order valence-corrected chi connectivity index (χ2v) is 6.37. The largest absolute Gasteiger partial charge is 0.314 e. The van der Waals surface area contributed by atoms with Gasteiger partial charge in [0.05, 0.1) is 0 Å². The number of fused-ring (bicyclic) bond motifs is 1. The molecule has 1 N–H and O–H groups in total. The van der Waals surface area contributed by atoms with Gasteiger partial charge in [0.1, 0.15) is 0 Å². The van der Waals surface area contributed by atoms with Gasteiger partial charge in [-0.3, -0.25) is 0 Å². The van der Waals surface area contributed by atoms with E-state index in [1.807, 2.05) is 11.3 Å². The summed E-state index contributed by atoms with van der Waals surface area (Å²) in [4.78, 5) is 1.45. The minimum atomic E-state index is 0.703. The number of aryl methyl sites for hydroxylation is 2. The molecule has 0 bridgehead atoms. The molecule has 1 aliphatic rings. The highest BCUT2D eigenvalue weighted by atomic mass is 32.1. The molecule has 1 unspecified atom stereocenters. The van der Waals surface area contributed by atoms with Crippen molar-refractivity contribution in [3.63, 3.8) is 0 Å². The van der Waals surface area contributed by atoms with Gasteiger partial charge in [0.15, 0.2) is 0 Å². The summed E-state index contributed by atoms with van der Waals surface area (Å²) in [7, 11) is 0. The van der Waals surface area contributed by atoms with Crippen LogP contribution >= 0.6 is 11.3 Å². The number of nitrogens with one attached hydrogen (secondary N) is 1. The molecule has 90 valence electrons. The van der Waals surface area contributed by atoms with Crippen molar-refractivity contribution in [1.82, 2.24) is 5.32 Å². The Hall–Kier alpha value is -0.860. The lowest BCUT2D eigenvalue weighted by atomic mass is 10.0. The molecule has 2 heterocycles. The molecular weight excluding hydrogens is 226 g/mol. The summed E-state index contributed by atoms with van der Waals surface area (Å²) < 4.78 is 1.45. The fourth-order valence-electron chi connectivity index (χ4n) is 2.73. The van der Waals surface area contributed by atoms with Crippen LogP contribution in [0.3, 0.4) is 0 Å². The van der Waals surface area contributed by atoms with E-state index in [1.54, 1.807) is 0 Å². The Morgan fingerprint density at radius 1 is 1.35 bits per heavy atom. The lowest BCUT2D eigenvalue weighted by molar-refractivity contribution is 0.603. The number of thiophene rings is 1. The fraction of sp³-hybridized carbons (Fsp3) is 0.467. The molecule has 1 saturated heterocycles. The second kappa shape index (κ2) is 4.43. The van der Waals surface area contributed by atoms with Crippen LogP contribution in [0.5, 0.6) is 0 Å². The van der Waals surface area contributed by atoms with Gasteiger partial charge in [-0.1, -0.05) is 12.1 Å². The monoisotopic (exact) mass is 245 g/mol. The minimum absolute atomic E-state index is 0.703. The molecule has 0 spiro atoms. The maximum Gasteiger partial charge on any atom is 0.0351 e. The molecule has 0 amide bonds. The average molecular weight is 245 g/mol. The molecule has 17 heavy (non-hydrogen) atoms. The second-order valence-electron chi connectivity index (χ2n) is 5.11. The van der Waals surface area contributed by atoms with Crippen molar-refractivity contribution in [3.05, 3.63) is 34.2 Å². The summed E-state index contributed by atoms with van der Waals surface area (Å²) in [5.41, 5.74) is 2.94. The molecule has 1 aromatic heterocycles. The normalized spacial score (nSPS) is 20.2. The van der Waals surface area contributed by atoms with Crippen molar-refractivity contribution in [2.75, 3.05) is 6.54 Å². The zero-order chi connectivity index (χ0) is 11.8. The molecule has 2 aromatic rings. The zero-order valence-electron chi connectivity index (χ0n) is 10.5. The molecule has 1 nitrogen and oxygen atoms in total. The minimum Gasteiger partial charge on any atom is -0.314 e. The number of rotatable bonds is 2.